The van der Waals surface area contributed by atoms with Gasteiger partial charge in [-0.05, 0) is 37.8 Å². The third-order valence-electron chi connectivity index (χ3n) is 5.03. The number of hydrogen-bond donors (Lipinski definition) is 1. The number of aryl methyl sites for hydroxylation is 1. The molecule has 0 aliphatic heterocycles. The highest BCUT2D eigenvalue weighted by Gasteiger charge is 2.29. The molecule has 3 aromatic rings. The molecule has 0 saturated heterocycles. The van der Waals surface area contributed by atoms with Gasteiger partial charge in [0.1, 0.15) is 17.3 Å². The lowest BCUT2D eigenvalue weighted by Crippen LogP contribution is -2.37. The minimum Gasteiger partial charge on any atom is -0.496 e. The van der Waals surface area contributed by atoms with Crippen molar-refractivity contribution in [3.63, 3.8) is 0 Å². The van der Waals surface area contributed by atoms with Gasteiger partial charge in [-0.15, -0.1) is 0 Å². The average molecular weight is 434 g/mol. The van der Waals surface area contributed by atoms with Crippen LogP contribution in [0.25, 0.3) is 11.4 Å². The molecule has 3 rings (SSSR count). The maximum atomic E-state index is 13.5. The van der Waals surface area contributed by atoms with Gasteiger partial charge < -0.3 is 14.4 Å². The third-order valence-corrected chi connectivity index (χ3v) is 5.03. The molecule has 3 amide bonds. The second kappa shape index (κ2) is 10.5. The molecule has 1 heterocycles. The van der Waals surface area contributed by atoms with Crippen molar-refractivity contribution in [1.29, 1.82) is 0 Å². The summed E-state index contributed by atoms with van der Waals surface area (Å²) in [5.41, 5.74) is 2.43. The number of hydrogen-bond acceptors (Lipinski definition) is 5. The van der Waals surface area contributed by atoms with Crippen LogP contribution in [0.3, 0.4) is 0 Å². The standard InChI is InChI=1S/C24H26N4O4/c1-17-21(23(30)27(14-9-15-29)24(31)25-2)28(16-18-10-5-4-6-11-18)22(26-17)19-12-7-8-13-20(19)32-3/h4-8,10-13,29H,2,9,14-16H2,1,3H3. The number of urea groups is 1. The molecule has 166 valence electrons. The zero-order valence-electron chi connectivity index (χ0n) is 18.2. The van der Waals surface area contributed by atoms with Crippen LogP contribution in [0.5, 0.6) is 5.75 Å². The van der Waals surface area contributed by atoms with Crippen molar-refractivity contribution < 1.29 is 19.4 Å². The van der Waals surface area contributed by atoms with E-state index in [0.29, 0.717) is 23.8 Å². The summed E-state index contributed by atoms with van der Waals surface area (Å²) in [6.45, 7) is 5.20. The topological polar surface area (TPSA) is 97.0 Å². The van der Waals surface area contributed by atoms with E-state index in [1.54, 1.807) is 18.6 Å². The molecule has 0 radical (unpaired) electrons. The second-order valence-corrected chi connectivity index (χ2v) is 7.12. The van der Waals surface area contributed by atoms with Gasteiger partial charge in [0, 0.05) is 19.7 Å². The number of aliphatic imine (C=N–C) groups is 1. The zero-order valence-corrected chi connectivity index (χ0v) is 18.2. The van der Waals surface area contributed by atoms with Crippen LogP contribution in [-0.2, 0) is 6.54 Å². The Hall–Kier alpha value is -3.78. The molecule has 8 heteroatoms. The molecule has 8 nitrogen and oxygen atoms in total. The molecule has 0 atom stereocenters. The maximum Gasteiger partial charge on any atom is 0.349 e. The van der Waals surface area contributed by atoms with Gasteiger partial charge in [-0.1, -0.05) is 42.5 Å². The monoisotopic (exact) mass is 434 g/mol. The molecule has 0 aliphatic rings. The Morgan fingerprint density at radius 3 is 2.50 bits per heavy atom. The van der Waals surface area contributed by atoms with Crippen LogP contribution in [0.1, 0.15) is 28.2 Å². The van der Waals surface area contributed by atoms with E-state index in [4.69, 9.17) is 4.74 Å². The smallest absolute Gasteiger partial charge is 0.349 e. The molecule has 1 aromatic heterocycles. The number of aromatic nitrogens is 2. The summed E-state index contributed by atoms with van der Waals surface area (Å²) in [5.74, 6) is 0.623. The molecular weight excluding hydrogens is 408 g/mol. The Morgan fingerprint density at radius 1 is 1.16 bits per heavy atom. The minimum absolute atomic E-state index is 0.0210. The SMILES string of the molecule is C=NC(=O)N(CCCO)C(=O)c1c(C)nc(-c2ccccc2OC)n1Cc1ccccc1. The molecule has 32 heavy (non-hydrogen) atoms. The lowest BCUT2D eigenvalue weighted by atomic mass is 10.1. The van der Waals surface area contributed by atoms with Crippen LogP contribution in [0.2, 0.25) is 0 Å². The lowest BCUT2D eigenvalue weighted by Gasteiger charge is -2.20. The average Bonchev–Trinajstić information content (AvgIpc) is 3.14. The quantitative estimate of drug-likeness (QED) is 0.547. The van der Waals surface area contributed by atoms with Crippen LogP contribution in [-0.4, -0.2) is 58.5 Å². The summed E-state index contributed by atoms with van der Waals surface area (Å²) in [4.78, 5) is 34.9. The highest BCUT2D eigenvalue weighted by Crippen LogP contribution is 2.31. The predicted molar refractivity (Wildman–Crippen MR) is 122 cm³/mol. The number of amides is 3. The number of imide groups is 1. The molecule has 0 spiro atoms. The summed E-state index contributed by atoms with van der Waals surface area (Å²) in [5, 5.41) is 9.21. The summed E-state index contributed by atoms with van der Waals surface area (Å²) < 4.78 is 7.30. The number of benzene rings is 2. The van der Waals surface area contributed by atoms with Gasteiger partial charge in [-0.2, -0.15) is 0 Å². The number of carbonyl (C=O) groups excluding carboxylic acids is 2. The van der Waals surface area contributed by atoms with Crippen molar-refractivity contribution in [2.45, 2.75) is 19.9 Å². The van der Waals surface area contributed by atoms with Crippen molar-refractivity contribution >= 4 is 18.7 Å². The number of carbonyl (C=O) groups is 2. The fraction of sp³-hybridized carbons (Fsp3) is 0.250. The highest BCUT2D eigenvalue weighted by atomic mass is 16.5. The van der Waals surface area contributed by atoms with Crippen LogP contribution in [0, 0.1) is 6.92 Å². The van der Waals surface area contributed by atoms with Gasteiger partial charge >= 0.3 is 6.03 Å². The first-order chi connectivity index (χ1) is 15.5. The number of para-hydroxylation sites is 1. The number of methoxy groups -OCH3 is 1. The Balaban J connectivity index is 2.18. The van der Waals surface area contributed by atoms with E-state index in [0.717, 1.165) is 16.0 Å². The highest BCUT2D eigenvalue weighted by molar-refractivity contribution is 6.05. The fourth-order valence-electron chi connectivity index (χ4n) is 3.52. The molecular formula is C24H26N4O4. The first kappa shape index (κ1) is 22.9. The van der Waals surface area contributed by atoms with Gasteiger partial charge in [0.05, 0.1) is 18.4 Å². The van der Waals surface area contributed by atoms with Gasteiger partial charge in [0.15, 0.2) is 0 Å². The normalized spacial score (nSPS) is 10.6. The van der Waals surface area contributed by atoms with Gasteiger partial charge in [0.2, 0.25) is 0 Å². The third kappa shape index (κ3) is 4.76. The predicted octanol–water partition coefficient (Wildman–Crippen LogP) is 3.56. The molecule has 0 fully saturated rings. The molecule has 1 N–H and O–H groups in total. The van der Waals surface area contributed by atoms with Crippen molar-refractivity contribution in [2.75, 3.05) is 20.3 Å². The Labute approximate surface area is 186 Å². The van der Waals surface area contributed by atoms with Crippen LogP contribution in [0.4, 0.5) is 4.79 Å². The summed E-state index contributed by atoms with van der Waals surface area (Å²) in [7, 11) is 1.58. The number of aliphatic hydroxyl groups excluding tert-OH is 1. The lowest BCUT2D eigenvalue weighted by molar-refractivity contribution is 0.0790. The number of imidazole rings is 1. The van der Waals surface area contributed by atoms with E-state index in [1.165, 1.54) is 0 Å². The van der Waals surface area contributed by atoms with Gasteiger partial charge in [-0.3, -0.25) is 9.69 Å². The van der Waals surface area contributed by atoms with Crippen molar-refractivity contribution in [3.8, 4) is 17.1 Å². The largest absolute Gasteiger partial charge is 0.496 e. The van der Waals surface area contributed by atoms with E-state index in [9.17, 15) is 14.7 Å². The molecule has 0 unspecified atom stereocenters. The molecule has 0 aliphatic carbocycles. The molecule has 0 bridgehead atoms. The number of aliphatic hydroxyl groups is 1. The minimum atomic E-state index is -0.769. The van der Waals surface area contributed by atoms with Crippen molar-refractivity contribution in [1.82, 2.24) is 14.5 Å². The first-order valence-electron chi connectivity index (χ1n) is 10.2. The van der Waals surface area contributed by atoms with Crippen LogP contribution >= 0.6 is 0 Å². The van der Waals surface area contributed by atoms with E-state index >= 15 is 0 Å². The van der Waals surface area contributed by atoms with E-state index in [2.05, 4.69) is 16.7 Å². The van der Waals surface area contributed by atoms with Gasteiger partial charge in [0.25, 0.3) is 5.91 Å². The molecule has 2 aromatic carbocycles. The molecule has 0 saturated carbocycles. The number of ether oxygens (including phenoxy) is 1. The van der Waals surface area contributed by atoms with E-state index < -0.39 is 11.9 Å². The first-order valence-corrected chi connectivity index (χ1v) is 10.2. The van der Waals surface area contributed by atoms with Crippen LogP contribution < -0.4 is 4.74 Å². The Kier molecular flexibility index (Phi) is 7.51. The van der Waals surface area contributed by atoms with Crippen molar-refractivity contribution in [2.24, 2.45) is 4.99 Å². The van der Waals surface area contributed by atoms with Gasteiger partial charge in [-0.25, -0.2) is 14.8 Å². The Morgan fingerprint density at radius 2 is 1.84 bits per heavy atom. The number of rotatable bonds is 8. The maximum absolute atomic E-state index is 13.5. The zero-order chi connectivity index (χ0) is 23.1. The van der Waals surface area contributed by atoms with Crippen molar-refractivity contribution in [3.05, 3.63) is 71.5 Å². The summed E-state index contributed by atoms with van der Waals surface area (Å²) >= 11 is 0. The van der Waals surface area contributed by atoms with E-state index in [1.807, 2.05) is 54.6 Å². The summed E-state index contributed by atoms with van der Waals surface area (Å²) in [6.07, 6.45) is 0.234. The second-order valence-electron chi connectivity index (χ2n) is 7.12. The van der Waals surface area contributed by atoms with E-state index in [-0.39, 0.29) is 25.3 Å². The summed E-state index contributed by atoms with van der Waals surface area (Å²) in [6, 6.07) is 16.3. The fourth-order valence-corrected chi connectivity index (χ4v) is 3.52. The van der Waals surface area contributed by atoms with Crippen LogP contribution in [0.15, 0.2) is 59.6 Å². The number of nitrogens with zero attached hydrogens (tertiary/aromatic N) is 4. The Bertz CT molecular complexity index is 1110.